The zero-order chi connectivity index (χ0) is 14.0. The summed E-state index contributed by atoms with van der Waals surface area (Å²) in [7, 11) is 0. The Bertz CT molecular complexity index is 370. The van der Waals surface area contributed by atoms with Gasteiger partial charge >= 0.3 is 23.9 Å². The number of hydrogen-bond acceptors (Lipinski definition) is 7. The van der Waals surface area contributed by atoms with E-state index in [-0.39, 0.29) is 13.0 Å². The van der Waals surface area contributed by atoms with E-state index in [4.69, 9.17) is 0 Å². The fourth-order valence-electron chi connectivity index (χ4n) is 0.690. The largest absolute Gasteiger partial charge is 0.462 e. The Morgan fingerprint density at radius 1 is 0.889 bits per heavy atom. The van der Waals surface area contributed by atoms with Crippen molar-refractivity contribution in [3.8, 4) is 0 Å². The molecule has 0 aromatic rings. The number of ether oxygens (including phenoxy) is 3. The van der Waals surface area contributed by atoms with Gasteiger partial charge in [0, 0.05) is 12.2 Å². The maximum absolute atomic E-state index is 11.0. The Hall–Kier alpha value is -2.44. The summed E-state index contributed by atoms with van der Waals surface area (Å²) in [5, 5.41) is 0. The smallest absolute Gasteiger partial charge is 0.351 e. The molecule has 0 aliphatic carbocycles. The molecule has 0 radical (unpaired) electrons. The zero-order valence-electron chi connectivity index (χ0n) is 9.55. The highest BCUT2D eigenvalue weighted by molar-refractivity contribution is 5.88. The third kappa shape index (κ3) is 7.80. The summed E-state index contributed by atoms with van der Waals surface area (Å²) in [5.41, 5.74) is 0. The Morgan fingerprint density at radius 2 is 1.44 bits per heavy atom. The summed E-state index contributed by atoms with van der Waals surface area (Å²) < 4.78 is 13.1. The lowest BCUT2D eigenvalue weighted by molar-refractivity contribution is -0.166. The van der Waals surface area contributed by atoms with Gasteiger partial charge in [0.25, 0.3) is 0 Å². The molecule has 0 fully saturated rings. The monoisotopic (exact) mass is 256 g/mol. The molecule has 0 bridgehead atoms. The van der Waals surface area contributed by atoms with Gasteiger partial charge in [-0.3, -0.25) is 4.79 Å². The van der Waals surface area contributed by atoms with Crippen LogP contribution in [-0.2, 0) is 33.4 Å². The normalized spacial score (nSPS) is 8.89. The van der Waals surface area contributed by atoms with E-state index >= 15 is 0 Å². The molecule has 0 heterocycles. The van der Waals surface area contributed by atoms with Gasteiger partial charge in [-0.2, -0.15) is 0 Å². The minimum absolute atomic E-state index is 0.233. The lowest BCUT2D eigenvalue weighted by Gasteiger charge is -2.03. The van der Waals surface area contributed by atoms with E-state index in [2.05, 4.69) is 27.4 Å². The third-order valence-electron chi connectivity index (χ3n) is 1.44. The Labute approximate surface area is 103 Å². The predicted octanol–water partition coefficient (Wildman–Crippen LogP) is -0.0953. The molecular weight excluding hydrogens is 244 g/mol. The summed E-state index contributed by atoms with van der Waals surface area (Å²) in [6.07, 6.45) is 1.51. The van der Waals surface area contributed by atoms with Gasteiger partial charge in [-0.05, 0) is 0 Å². The standard InChI is InChI=1S/C11H12O7/c1-3-8(12)16-6-5-10(14)18-11(15)7-17-9(13)4-2/h3-4H,1-2,5-7H2. The second kappa shape index (κ2) is 8.68. The molecule has 18 heavy (non-hydrogen) atoms. The van der Waals surface area contributed by atoms with Crippen molar-refractivity contribution in [1.82, 2.24) is 0 Å². The summed E-state index contributed by atoms with van der Waals surface area (Å²) in [6, 6.07) is 0. The van der Waals surface area contributed by atoms with Crippen molar-refractivity contribution in [2.45, 2.75) is 6.42 Å². The molecule has 7 heteroatoms. The number of rotatable bonds is 7. The van der Waals surface area contributed by atoms with E-state index in [1.807, 2.05) is 0 Å². The molecule has 0 N–H and O–H groups in total. The van der Waals surface area contributed by atoms with Gasteiger partial charge in [-0.25, -0.2) is 14.4 Å². The van der Waals surface area contributed by atoms with Crippen molar-refractivity contribution >= 4 is 23.9 Å². The highest BCUT2D eigenvalue weighted by Crippen LogP contribution is 1.92. The topological polar surface area (TPSA) is 96.0 Å². The van der Waals surface area contributed by atoms with Crippen LogP contribution >= 0.6 is 0 Å². The van der Waals surface area contributed by atoms with Crippen LogP contribution in [0.5, 0.6) is 0 Å². The number of carbonyl (C=O) groups is 4. The van der Waals surface area contributed by atoms with Crippen LogP contribution in [0.25, 0.3) is 0 Å². The number of esters is 4. The van der Waals surface area contributed by atoms with E-state index in [0.29, 0.717) is 0 Å². The fourth-order valence-corrected chi connectivity index (χ4v) is 0.690. The average molecular weight is 256 g/mol. The van der Waals surface area contributed by atoms with Crippen molar-refractivity contribution in [2.24, 2.45) is 0 Å². The predicted molar refractivity (Wildman–Crippen MR) is 58.0 cm³/mol. The Kier molecular flexibility index (Phi) is 7.51. The first-order chi connectivity index (χ1) is 8.49. The van der Waals surface area contributed by atoms with Crippen LogP contribution in [0.1, 0.15) is 6.42 Å². The maximum Gasteiger partial charge on any atom is 0.351 e. The summed E-state index contributed by atoms with van der Waals surface area (Å²) in [4.78, 5) is 43.1. The van der Waals surface area contributed by atoms with Gasteiger partial charge in [0.2, 0.25) is 0 Å². The van der Waals surface area contributed by atoms with E-state index in [9.17, 15) is 19.2 Å². The van der Waals surface area contributed by atoms with Gasteiger partial charge < -0.3 is 14.2 Å². The molecule has 0 saturated carbocycles. The van der Waals surface area contributed by atoms with Crippen molar-refractivity contribution in [3.05, 3.63) is 25.3 Å². The van der Waals surface area contributed by atoms with Crippen LogP contribution < -0.4 is 0 Å². The highest BCUT2D eigenvalue weighted by atomic mass is 16.6. The number of carbonyl (C=O) groups excluding carboxylic acids is 4. The van der Waals surface area contributed by atoms with Gasteiger partial charge in [0.15, 0.2) is 6.61 Å². The highest BCUT2D eigenvalue weighted by Gasteiger charge is 2.12. The first kappa shape index (κ1) is 15.6. The molecule has 0 aliphatic heterocycles. The van der Waals surface area contributed by atoms with Gasteiger partial charge in [0.1, 0.15) is 6.61 Å². The molecular formula is C11H12O7. The van der Waals surface area contributed by atoms with Crippen LogP contribution in [0.4, 0.5) is 0 Å². The quantitative estimate of drug-likeness (QED) is 0.271. The van der Waals surface area contributed by atoms with Crippen LogP contribution in [0.15, 0.2) is 25.3 Å². The molecule has 0 spiro atoms. The lowest BCUT2D eigenvalue weighted by Crippen LogP contribution is -2.20. The molecule has 98 valence electrons. The minimum Gasteiger partial charge on any atom is -0.462 e. The molecule has 0 aromatic carbocycles. The average Bonchev–Trinajstić information content (AvgIpc) is 2.35. The summed E-state index contributed by atoms with van der Waals surface area (Å²) in [6.45, 7) is 5.34. The van der Waals surface area contributed by atoms with Crippen molar-refractivity contribution < 1.29 is 33.4 Å². The maximum atomic E-state index is 11.0. The minimum atomic E-state index is -1.02. The van der Waals surface area contributed by atoms with Crippen LogP contribution in [-0.4, -0.2) is 37.1 Å². The van der Waals surface area contributed by atoms with Crippen LogP contribution in [0, 0.1) is 0 Å². The summed E-state index contributed by atoms with van der Waals surface area (Å²) in [5.74, 6) is -3.41. The van der Waals surface area contributed by atoms with Gasteiger partial charge in [0.05, 0.1) is 6.42 Å². The van der Waals surface area contributed by atoms with Crippen LogP contribution in [0.2, 0.25) is 0 Å². The van der Waals surface area contributed by atoms with E-state index < -0.39 is 30.5 Å². The van der Waals surface area contributed by atoms with Gasteiger partial charge in [-0.15, -0.1) is 0 Å². The SMILES string of the molecule is C=CC(=O)OCCC(=O)OC(=O)COC(=O)C=C. The third-order valence-corrected chi connectivity index (χ3v) is 1.44. The van der Waals surface area contributed by atoms with Gasteiger partial charge in [-0.1, -0.05) is 13.2 Å². The molecule has 7 nitrogen and oxygen atoms in total. The molecule has 0 amide bonds. The number of hydrogen-bond donors (Lipinski definition) is 0. The second-order valence-electron chi connectivity index (χ2n) is 2.78. The lowest BCUT2D eigenvalue weighted by atomic mass is 10.4. The first-order valence-electron chi connectivity index (χ1n) is 4.81. The van der Waals surface area contributed by atoms with E-state index in [0.717, 1.165) is 12.2 Å². The summed E-state index contributed by atoms with van der Waals surface area (Å²) >= 11 is 0. The molecule has 0 saturated heterocycles. The Morgan fingerprint density at radius 3 is 2.00 bits per heavy atom. The molecule has 0 unspecified atom stereocenters. The van der Waals surface area contributed by atoms with Crippen molar-refractivity contribution in [1.29, 1.82) is 0 Å². The first-order valence-corrected chi connectivity index (χ1v) is 4.81. The van der Waals surface area contributed by atoms with E-state index in [1.54, 1.807) is 0 Å². The van der Waals surface area contributed by atoms with Crippen molar-refractivity contribution in [3.63, 3.8) is 0 Å². The van der Waals surface area contributed by atoms with Crippen LogP contribution in [0.3, 0.4) is 0 Å². The Balaban J connectivity index is 3.77. The zero-order valence-corrected chi connectivity index (χ0v) is 9.55. The van der Waals surface area contributed by atoms with E-state index in [1.165, 1.54) is 0 Å². The molecule has 0 aromatic heterocycles. The molecule has 0 atom stereocenters. The molecule has 0 rings (SSSR count). The fraction of sp³-hybridized carbons (Fsp3) is 0.273. The molecule has 0 aliphatic rings. The second-order valence-corrected chi connectivity index (χ2v) is 2.78. The van der Waals surface area contributed by atoms with Crippen molar-refractivity contribution in [2.75, 3.05) is 13.2 Å².